The zero-order valence-corrected chi connectivity index (χ0v) is 13.2. The lowest BCUT2D eigenvalue weighted by molar-refractivity contribution is 0.155. The molecule has 2 N–H and O–H groups in total. The van der Waals surface area contributed by atoms with E-state index in [2.05, 4.69) is 10.3 Å². The van der Waals surface area contributed by atoms with Crippen LogP contribution in [0.3, 0.4) is 0 Å². The fourth-order valence-corrected chi connectivity index (χ4v) is 3.01. The highest BCUT2D eigenvalue weighted by Crippen LogP contribution is 2.20. The van der Waals surface area contributed by atoms with Crippen LogP contribution in [0.25, 0.3) is 5.69 Å². The maximum atomic E-state index is 12.4. The van der Waals surface area contributed by atoms with Gasteiger partial charge in [0.15, 0.2) is 0 Å². The quantitative estimate of drug-likeness (QED) is 0.908. The minimum Gasteiger partial charge on any atom is -0.394 e. The molecule has 1 fully saturated rings. The van der Waals surface area contributed by atoms with Gasteiger partial charge < -0.3 is 19.9 Å². The zero-order chi connectivity index (χ0) is 16.2. The minimum absolute atomic E-state index is 0.0257. The molecule has 1 aromatic carbocycles. The van der Waals surface area contributed by atoms with E-state index in [0.717, 1.165) is 24.1 Å². The second-order valence-electron chi connectivity index (χ2n) is 5.91. The van der Waals surface area contributed by atoms with E-state index in [-0.39, 0.29) is 24.7 Å². The molecular formula is C17H22N4O2. The molecule has 1 saturated heterocycles. The largest absolute Gasteiger partial charge is 0.394 e. The molecule has 1 aliphatic heterocycles. The van der Waals surface area contributed by atoms with Crippen LogP contribution in [0.1, 0.15) is 31.4 Å². The average Bonchev–Trinajstić information content (AvgIpc) is 3.26. The molecular weight excluding hydrogens is 292 g/mol. The number of urea groups is 1. The van der Waals surface area contributed by atoms with Gasteiger partial charge in [-0.1, -0.05) is 12.1 Å². The number of hydrogen-bond acceptors (Lipinski definition) is 3. The first-order valence-corrected chi connectivity index (χ1v) is 7.95. The molecule has 2 heterocycles. The van der Waals surface area contributed by atoms with E-state index in [9.17, 15) is 9.90 Å². The van der Waals surface area contributed by atoms with Gasteiger partial charge in [0.1, 0.15) is 0 Å². The lowest BCUT2D eigenvalue weighted by Gasteiger charge is -2.26. The van der Waals surface area contributed by atoms with E-state index in [1.54, 1.807) is 17.4 Å². The summed E-state index contributed by atoms with van der Waals surface area (Å²) >= 11 is 0. The number of carbonyl (C=O) groups excluding carboxylic acids is 1. The molecule has 0 saturated carbocycles. The molecule has 122 valence electrons. The van der Waals surface area contributed by atoms with Crippen molar-refractivity contribution in [3.05, 3.63) is 48.5 Å². The molecule has 6 heteroatoms. The molecule has 2 atom stereocenters. The van der Waals surface area contributed by atoms with Crippen LogP contribution in [-0.2, 0) is 0 Å². The molecule has 3 rings (SSSR count). The zero-order valence-electron chi connectivity index (χ0n) is 13.2. The van der Waals surface area contributed by atoms with Gasteiger partial charge >= 0.3 is 6.03 Å². The number of likely N-dealkylation sites (tertiary alicyclic amines) is 1. The van der Waals surface area contributed by atoms with Crippen LogP contribution in [0.5, 0.6) is 0 Å². The summed E-state index contributed by atoms with van der Waals surface area (Å²) in [5.74, 6) is 0. The van der Waals surface area contributed by atoms with Crippen LogP contribution < -0.4 is 5.32 Å². The Hall–Kier alpha value is -2.34. The third-order valence-corrected chi connectivity index (χ3v) is 4.36. The first-order chi connectivity index (χ1) is 11.2. The summed E-state index contributed by atoms with van der Waals surface area (Å²) in [5.41, 5.74) is 2.04. The van der Waals surface area contributed by atoms with Crippen molar-refractivity contribution in [3.8, 4) is 5.69 Å². The molecule has 0 radical (unpaired) electrons. The highest BCUT2D eigenvalue weighted by atomic mass is 16.3. The Kier molecular flexibility index (Phi) is 4.62. The fraction of sp³-hybridized carbons (Fsp3) is 0.412. The molecule has 1 aromatic heterocycles. The number of aromatic nitrogens is 2. The Labute approximate surface area is 135 Å². The van der Waals surface area contributed by atoms with E-state index in [0.29, 0.717) is 6.54 Å². The predicted octanol–water partition coefficient (Wildman–Crippen LogP) is 2.10. The molecule has 1 aliphatic rings. The van der Waals surface area contributed by atoms with Crippen LogP contribution in [0, 0.1) is 0 Å². The van der Waals surface area contributed by atoms with Crippen molar-refractivity contribution in [2.45, 2.75) is 31.8 Å². The predicted molar refractivity (Wildman–Crippen MR) is 87.3 cm³/mol. The highest BCUT2D eigenvalue weighted by Gasteiger charge is 2.28. The molecule has 0 aliphatic carbocycles. The molecule has 6 nitrogen and oxygen atoms in total. The fourth-order valence-electron chi connectivity index (χ4n) is 3.01. The Morgan fingerprint density at radius 2 is 2.39 bits per heavy atom. The van der Waals surface area contributed by atoms with Gasteiger partial charge in [-0.3, -0.25) is 0 Å². The molecule has 0 spiro atoms. The summed E-state index contributed by atoms with van der Waals surface area (Å²) in [6.45, 7) is 2.70. The van der Waals surface area contributed by atoms with Crippen LogP contribution in [-0.4, -0.2) is 44.8 Å². The third-order valence-electron chi connectivity index (χ3n) is 4.36. The molecule has 2 aromatic rings. The summed E-state index contributed by atoms with van der Waals surface area (Å²) < 4.78 is 1.93. The van der Waals surface area contributed by atoms with E-state index >= 15 is 0 Å². The number of rotatable bonds is 4. The van der Waals surface area contributed by atoms with Crippen LogP contribution in [0.2, 0.25) is 0 Å². The second-order valence-corrected chi connectivity index (χ2v) is 5.91. The number of aliphatic hydroxyl groups excluding tert-OH is 1. The summed E-state index contributed by atoms with van der Waals surface area (Å²) in [7, 11) is 0. The van der Waals surface area contributed by atoms with Gasteiger partial charge in [0, 0.05) is 24.6 Å². The summed E-state index contributed by atoms with van der Waals surface area (Å²) in [6.07, 6.45) is 7.19. The Bertz CT molecular complexity index is 656. The number of nitrogens with one attached hydrogen (secondary N) is 1. The average molecular weight is 314 g/mol. The lowest BCUT2D eigenvalue weighted by Crippen LogP contribution is -2.44. The van der Waals surface area contributed by atoms with Crippen molar-refractivity contribution < 1.29 is 9.90 Å². The van der Waals surface area contributed by atoms with Gasteiger partial charge in [-0.2, -0.15) is 0 Å². The summed E-state index contributed by atoms with van der Waals surface area (Å²) in [5, 5.41) is 12.4. The molecule has 23 heavy (non-hydrogen) atoms. The van der Waals surface area contributed by atoms with E-state index < -0.39 is 0 Å². The monoisotopic (exact) mass is 314 g/mol. The molecule has 0 bridgehead atoms. The van der Waals surface area contributed by atoms with Crippen molar-refractivity contribution in [1.29, 1.82) is 0 Å². The Balaban J connectivity index is 1.70. The number of amides is 2. The first kappa shape index (κ1) is 15.6. The summed E-state index contributed by atoms with van der Waals surface area (Å²) in [4.78, 5) is 18.2. The van der Waals surface area contributed by atoms with E-state index in [4.69, 9.17) is 0 Å². The SMILES string of the molecule is C[C@@H](NC(=O)N1CCC[C@@H]1CO)c1cccc(-n2ccnc2)c1. The lowest BCUT2D eigenvalue weighted by atomic mass is 10.1. The number of hydrogen-bond donors (Lipinski definition) is 2. The van der Waals surface area contributed by atoms with Gasteiger partial charge in [-0.25, -0.2) is 9.78 Å². The number of aliphatic hydroxyl groups is 1. The maximum Gasteiger partial charge on any atom is 0.318 e. The molecule has 0 unspecified atom stereocenters. The number of benzene rings is 1. The van der Waals surface area contributed by atoms with Gasteiger partial charge in [0.25, 0.3) is 0 Å². The minimum atomic E-state index is -0.109. The Morgan fingerprint density at radius 3 is 3.13 bits per heavy atom. The van der Waals surface area contributed by atoms with Crippen LogP contribution in [0.4, 0.5) is 4.79 Å². The van der Waals surface area contributed by atoms with Gasteiger partial charge in [-0.05, 0) is 37.5 Å². The van der Waals surface area contributed by atoms with Crippen molar-refractivity contribution in [2.24, 2.45) is 0 Å². The third kappa shape index (κ3) is 3.37. The second kappa shape index (κ2) is 6.83. The van der Waals surface area contributed by atoms with Crippen molar-refractivity contribution in [1.82, 2.24) is 19.8 Å². The van der Waals surface area contributed by atoms with Crippen LogP contribution in [0.15, 0.2) is 43.0 Å². The first-order valence-electron chi connectivity index (χ1n) is 7.95. The number of carbonyl (C=O) groups is 1. The Morgan fingerprint density at radius 1 is 1.52 bits per heavy atom. The normalized spacial score (nSPS) is 18.9. The van der Waals surface area contributed by atoms with E-state index in [1.165, 1.54) is 0 Å². The van der Waals surface area contributed by atoms with Gasteiger partial charge in [-0.15, -0.1) is 0 Å². The maximum absolute atomic E-state index is 12.4. The summed E-state index contributed by atoms with van der Waals surface area (Å²) in [6, 6.07) is 7.74. The van der Waals surface area contributed by atoms with Crippen molar-refractivity contribution >= 4 is 6.03 Å². The highest BCUT2D eigenvalue weighted by molar-refractivity contribution is 5.75. The van der Waals surface area contributed by atoms with Crippen molar-refractivity contribution in [3.63, 3.8) is 0 Å². The smallest absolute Gasteiger partial charge is 0.318 e. The van der Waals surface area contributed by atoms with Gasteiger partial charge in [0.2, 0.25) is 0 Å². The topological polar surface area (TPSA) is 70.4 Å². The molecule has 2 amide bonds. The van der Waals surface area contributed by atoms with Crippen molar-refractivity contribution in [2.75, 3.05) is 13.2 Å². The van der Waals surface area contributed by atoms with Crippen LogP contribution >= 0.6 is 0 Å². The van der Waals surface area contributed by atoms with Gasteiger partial charge in [0.05, 0.1) is 25.0 Å². The van der Waals surface area contributed by atoms with E-state index in [1.807, 2.05) is 42.0 Å². The number of imidazole rings is 1. The number of nitrogens with zero attached hydrogens (tertiary/aromatic N) is 3. The standard InChI is InChI=1S/C17H22N4O2/c1-13(19-17(23)21-8-3-6-16(21)11-22)14-4-2-5-15(10-14)20-9-7-18-12-20/h2,4-5,7,9-10,12-13,16,22H,3,6,8,11H2,1H3,(H,19,23)/t13-,16-/m1/s1.